The van der Waals surface area contributed by atoms with Crippen molar-refractivity contribution in [3.63, 3.8) is 0 Å². The molecule has 0 saturated carbocycles. The van der Waals surface area contributed by atoms with Gasteiger partial charge in [0.15, 0.2) is 0 Å². The molecule has 0 saturated heterocycles. The smallest absolute Gasteiger partial charge is 0.287 e. The summed E-state index contributed by atoms with van der Waals surface area (Å²) in [5.41, 5.74) is 1.17. The molecule has 2 aromatic heterocycles. The van der Waals surface area contributed by atoms with Gasteiger partial charge in [-0.25, -0.2) is 4.98 Å². The summed E-state index contributed by atoms with van der Waals surface area (Å²) in [6.07, 6.45) is 1.25. The van der Waals surface area contributed by atoms with E-state index in [2.05, 4.69) is 15.7 Å². The molecule has 0 bridgehead atoms. The highest BCUT2D eigenvalue weighted by molar-refractivity contribution is 7.07. The van der Waals surface area contributed by atoms with Gasteiger partial charge in [0.25, 0.3) is 5.69 Å². The molecule has 88 valence electrons. The maximum atomic E-state index is 10.5. The summed E-state index contributed by atoms with van der Waals surface area (Å²) in [6, 6.07) is 5.22. The zero-order valence-electron chi connectivity index (χ0n) is 9.16. The van der Waals surface area contributed by atoms with Crippen LogP contribution in [0.4, 0.5) is 11.5 Å². The van der Waals surface area contributed by atoms with E-state index in [4.69, 9.17) is 0 Å². The van der Waals surface area contributed by atoms with Gasteiger partial charge in [-0.3, -0.25) is 10.1 Å². The Morgan fingerprint density at radius 3 is 2.82 bits per heavy atom. The zero-order chi connectivity index (χ0) is 12.3. The first kappa shape index (κ1) is 11.5. The molecule has 1 N–H and O–H groups in total. The van der Waals surface area contributed by atoms with Crippen LogP contribution < -0.4 is 5.32 Å². The number of thiophene rings is 1. The van der Waals surface area contributed by atoms with Crippen molar-refractivity contribution in [3.05, 3.63) is 50.8 Å². The number of nitro groups is 1. The number of hydrogen-bond donors (Lipinski definition) is 1. The van der Waals surface area contributed by atoms with Gasteiger partial charge in [0, 0.05) is 6.07 Å². The van der Waals surface area contributed by atoms with Crippen LogP contribution in [0.25, 0.3) is 0 Å². The average Bonchev–Trinajstić information content (AvgIpc) is 2.83. The van der Waals surface area contributed by atoms with E-state index in [9.17, 15) is 10.1 Å². The number of anilines is 1. The van der Waals surface area contributed by atoms with E-state index in [-0.39, 0.29) is 11.7 Å². The number of hydrogen-bond acceptors (Lipinski definition) is 5. The van der Waals surface area contributed by atoms with Crippen LogP contribution in [-0.2, 0) is 0 Å². The van der Waals surface area contributed by atoms with Gasteiger partial charge in [-0.1, -0.05) is 0 Å². The summed E-state index contributed by atoms with van der Waals surface area (Å²) in [7, 11) is 0. The van der Waals surface area contributed by atoms with E-state index in [1.807, 2.05) is 18.4 Å². The molecule has 0 fully saturated rings. The van der Waals surface area contributed by atoms with E-state index in [1.165, 1.54) is 17.8 Å². The molecule has 0 aliphatic heterocycles. The van der Waals surface area contributed by atoms with Crippen molar-refractivity contribution in [1.29, 1.82) is 0 Å². The van der Waals surface area contributed by atoms with Gasteiger partial charge in [0.05, 0.1) is 11.0 Å². The van der Waals surface area contributed by atoms with Crippen molar-refractivity contribution in [2.24, 2.45) is 0 Å². The third-order valence-corrected chi connectivity index (χ3v) is 3.07. The molecule has 0 amide bonds. The highest BCUT2D eigenvalue weighted by Gasteiger charge is 2.08. The maximum Gasteiger partial charge on any atom is 0.287 e. The van der Waals surface area contributed by atoms with Gasteiger partial charge in [-0.2, -0.15) is 11.3 Å². The average molecular weight is 249 g/mol. The van der Waals surface area contributed by atoms with Crippen LogP contribution in [0.3, 0.4) is 0 Å². The minimum atomic E-state index is -0.459. The Bertz CT molecular complexity index is 496. The Balaban J connectivity index is 2.06. The Morgan fingerprint density at radius 2 is 2.29 bits per heavy atom. The normalized spacial score (nSPS) is 12.1. The molecule has 0 radical (unpaired) electrons. The van der Waals surface area contributed by atoms with E-state index in [1.54, 1.807) is 17.4 Å². The monoisotopic (exact) mass is 249 g/mol. The molecule has 2 aromatic rings. The molecular weight excluding hydrogens is 238 g/mol. The molecular formula is C11H11N3O2S. The molecule has 2 heterocycles. The van der Waals surface area contributed by atoms with E-state index < -0.39 is 4.92 Å². The summed E-state index contributed by atoms with van der Waals surface area (Å²) in [5.74, 6) is 0.634. The van der Waals surface area contributed by atoms with Gasteiger partial charge >= 0.3 is 0 Å². The molecule has 0 aliphatic carbocycles. The van der Waals surface area contributed by atoms with Crippen molar-refractivity contribution in [3.8, 4) is 0 Å². The van der Waals surface area contributed by atoms with Crippen molar-refractivity contribution in [1.82, 2.24) is 4.98 Å². The number of aromatic nitrogens is 1. The SMILES string of the molecule is CC(Nc1ccc([N+](=O)[O-])cn1)c1ccsc1. The summed E-state index contributed by atoms with van der Waals surface area (Å²) in [6.45, 7) is 2.02. The fraction of sp³-hybridized carbons (Fsp3) is 0.182. The van der Waals surface area contributed by atoms with Crippen LogP contribution in [0.2, 0.25) is 0 Å². The lowest BCUT2D eigenvalue weighted by atomic mass is 10.2. The molecule has 1 unspecified atom stereocenters. The van der Waals surface area contributed by atoms with Crippen molar-refractivity contribution >= 4 is 22.8 Å². The first-order chi connectivity index (χ1) is 8.16. The highest BCUT2D eigenvalue weighted by Crippen LogP contribution is 2.20. The third-order valence-electron chi connectivity index (χ3n) is 2.37. The minimum absolute atomic E-state index is 0.00117. The molecule has 0 spiro atoms. The lowest BCUT2D eigenvalue weighted by Gasteiger charge is -2.12. The second-order valence-corrected chi connectivity index (χ2v) is 4.36. The van der Waals surface area contributed by atoms with E-state index >= 15 is 0 Å². The van der Waals surface area contributed by atoms with Crippen LogP contribution in [0.15, 0.2) is 35.2 Å². The quantitative estimate of drug-likeness (QED) is 0.667. The Hall–Kier alpha value is -1.95. The number of rotatable bonds is 4. The fourth-order valence-electron chi connectivity index (χ4n) is 1.41. The van der Waals surface area contributed by atoms with Crippen molar-refractivity contribution in [2.45, 2.75) is 13.0 Å². The molecule has 2 rings (SSSR count). The van der Waals surface area contributed by atoms with Gasteiger partial charge in [-0.15, -0.1) is 0 Å². The van der Waals surface area contributed by atoms with Crippen molar-refractivity contribution in [2.75, 3.05) is 5.32 Å². The van der Waals surface area contributed by atoms with Gasteiger partial charge < -0.3 is 5.32 Å². The summed E-state index contributed by atoms with van der Waals surface area (Å²) in [5, 5.41) is 17.7. The predicted octanol–water partition coefficient (Wildman–Crippen LogP) is 3.22. The zero-order valence-corrected chi connectivity index (χ0v) is 9.98. The second kappa shape index (κ2) is 4.92. The topological polar surface area (TPSA) is 68.1 Å². The molecule has 5 nitrogen and oxygen atoms in total. The van der Waals surface area contributed by atoms with Crippen LogP contribution in [-0.4, -0.2) is 9.91 Å². The largest absolute Gasteiger partial charge is 0.364 e. The van der Waals surface area contributed by atoms with E-state index in [0.29, 0.717) is 5.82 Å². The van der Waals surface area contributed by atoms with Crippen LogP contribution in [0.5, 0.6) is 0 Å². The Kier molecular flexibility index (Phi) is 3.34. The predicted molar refractivity (Wildman–Crippen MR) is 67.2 cm³/mol. The Morgan fingerprint density at radius 1 is 1.47 bits per heavy atom. The van der Waals surface area contributed by atoms with Crippen LogP contribution in [0.1, 0.15) is 18.5 Å². The molecule has 0 aliphatic rings. The first-order valence-electron chi connectivity index (χ1n) is 5.06. The number of pyridine rings is 1. The molecule has 0 aromatic carbocycles. The number of nitrogens with zero attached hydrogens (tertiary/aromatic N) is 2. The van der Waals surface area contributed by atoms with Crippen molar-refractivity contribution < 1.29 is 4.92 Å². The van der Waals surface area contributed by atoms with Gasteiger partial charge in [-0.05, 0) is 35.4 Å². The first-order valence-corrected chi connectivity index (χ1v) is 6.00. The second-order valence-electron chi connectivity index (χ2n) is 3.58. The standard InChI is InChI=1S/C11H11N3O2S/c1-8(9-4-5-17-7-9)13-11-3-2-10(6-12-11)14(15)16/h2-8H,1H3,(H,12,13). The van der Waals surface area contributed by atoms with Crippen LogP contribution in [0, 0.1) is 10.1 Å². The highest BCUT2D eigenvalue weighted by atomic mass is 32.1. The summed E-state index contributed by atoms with van der Waals surface area (Å²) in [4.78, 5) is 14.0. The van der Waals surface area contributed by atoms with E-state index in [0.717, 1.165) is 0 Å². The maximum absolute atomic E-state index is 10.5. The van der Waals surface area contributed by atoms with Gasteiger partial charge in [0.2, 0.25) is 0 Å². The summed E-state index contributed by atoms with van der Waals surface area (Å²) >= 11 is 1.64. The molecule has 17 heavy (non-hydrogen) atoms. The van der Waals surface area contributed by atoms with Crippen LogP contribution >= 0.6 is 11.3 Å². The minimum Gasteiger partial charge on any atom is -0.364 e. The summed E-state index contributed by atoms with van der Waals surface area (Å²) < 4.78 is 0. The molecule has 6 heteroatoms. The third kappa shape index (κ3) is 2.79. The Labute approximate surface area is 102 Å². The molecule has 1 atom stereocenters. The fourth-order valence-corrected chi connectivity index (χ4v) is 2.16. The lowest BCUT2D eigenvalue weighted by Crippen LogP contribution is -2.06. The number of nitrogens with one attached hydrogen (secondary N) is 1. The van der Waals surface area contributed by atoms with Gasteiger partial charge in [0.1, 0.15) is 12.0 Å². The lowest BCUT2D eigenvalue weighted by molar-refractivity contribution is -0.385.